The highest BCUT2D eigenvalue weighted by Crippen LogP contribution is 2.27. The number of aliphatic hydroxyl groups is 3. The summed E-state index contributed by atoms with van der Waals surface area (Å²) in [4.78, 5) is 24.1. The van der Waals surface area contributed by atoms with Gasteiger partial charge in [-0.15, -0.1) is 0 Å². The lowest BCUT2D eigenvalue weighted by Crippen LogP contribution is -2.59. The SMILES string of the molecule is COc1ccc(C=CC(=O)OCC2OC(OCC=C3CC(C=C(C)C)OC3=O)C(O)C(O)C2O)cc1O. The monoisotopic (exact) mass is 520 g/mol. The molecule has 0 aliphatic carbocycles. The zero-order valence-corrected chi connectivity index (χ0v) is 20.8. The number of phenolic OH excluding ortho intramolecular Hbond substituents is 1. The van der Waals surface area contributed by atoms with Crippen molar-refractivity contribution in [2.24, 2.45) is 0 Å². The van der Waals surface area contributed by atoms with Crippen LogP contribution in [0.25, 0.3) is 6.08 Å². The van der Waals surface area contributed by atoms with Crippen molar-refractivity contribution in [2.75, 3.05) is 20.3 Å². The third-order valence-electron chi connectivity index (χ3n) is 5.72. The fourth-order valence-electron chi connectivity index (χ4n) is 3.81. The van der Waals surface area contributed by atoms with Gasteiger partial charge in [-0.1, -0.05) is 11.6 Å². The minimum atomic E-state index is -1.62. The number of allylic oxidation sites excluding steroid dienone is 1. The van der Waals surface area contributed by atoms with Gasteiger partial charge < -0.3 is 44.1 Å². The number of methoxy groups -OCH3 is 1. The third-order valence-corrected chi connectivity index (χ3v) is 5.72. The molecule has 4 N–H and O–H groups in total. The second-order valence-electron chi connectivity index (χ2n) is 8.86. The van der Waals surface area contributed by atoms with Crippen LogP contribution in [0.1, 0.15) is 25.8 Å². The number of benzene rings is 1. The summed E-state index contributed by atoms with van der Waals surface area (Å²) < 4.78 is 26.3. The Morgan fingerprint density at radius 3 is 2.59 bits per heavy atom. The fraction of sp³-hybridized carbons (Fsp3) is 0.462. The van der Waals surface area contributed by atoms with E-state index in [0.717, 1.165) is 11.6 Å². The molecule has 202 valence electrons. The average Bonchev–Trinajstić information content (AvgIpc) is 3.19. The van der Waals surface area contributed by atoms with Crippen LogP contribution < -0.4 is 4.74 Å². The van der Waals surface area contributed by atoms with Crippen molar-refractivity contribution < 1.29 is 53.7 Å². The molecule has 2 fully saturated rings. The van der Waals surface area contributed by atoms with Gasteiger partial charge in [0.25, 0.3) is 0 Å². The van der Waals surface area contributed by atoms with Crippen molar-refractivity contribution in [3.8, 4) is 11.5 Å². The zero-order chi connectivity index (χ0) is 27.1. The first-order valence-electron chi connectivity index (χ1n) is 11.7. The number of hydrogen-bond acceptors (Lipinski definition) is 11. The van der Waals surface area contributed by atoms with E-state index in [4.69, 9.17) is 23.7 Å². The quantitative estimate of drug-likeness (QED) is 0.209. The molecule has 0 amide bonds. The number of aromatic hydroxyl groups is 1. The number of rotatable bonds is 9. The number of carbonyl (C=O) groups excluding carboxylic acids is 2. The summed E-state index contributed by atoms with van der Waals surface area (Å²) in [5.74, 6) is -1.04. The lowest BCUT2D eigenvalue weighted by atomic mass is 9.99. The highest BCUT2D eigenvalue weighted by atomic mass is 16.7. The second-order valence-corrected chi connectivity index (χ2v) is 8.86. The predicted molar refractivity (Wildman–Crippen MR) is 129 cm³/mol. The smallest absolute Gasteiger partial charge is 0.334 e. The van der Waals surface area contributed by atoms with Crippen LogP contribution in [0.4, 0.5) is 0 Å². The standard InChI is InChI=1S/C26H32O11/c1-14(2)10-17-12-16(25(32)36-17)8-9-34-26-24(31)23(30)22(29)20(37-26)13-35-21(28)7-5-15-4-6-19(33-3)18(27)11-15/h4-8,10-11,17,20,22-24,26-27,29-31H,9,12-13H2,1-3H3. The van der Waals surface area contributed by atoms with Crippen LogP contribution in [-0.4, -0.2) is 89.5 Å². The summed E-state index contributed by atoms with van der Waals surface area (Å²) in [6, 6.07) is 4.56. The van der Waals surface area contributed by atoms with Crippen molar-refractivity contribution in [2.45, 2.75) is 57.1 Å². The minimum Gasteiger partial charge on any atom is -0.504 e. The lowest BCUT2D eigenvalue weighted by molar-refractivity contribution is -0.299. The van der Waals surface area contributed by atoms with E-state index in [2.05, 4.69) is 0 Å². The largest absolute Gasteiger partial charge is 0.504 e. The summed E-state index contributed by atoms with van der Waals surface area (Å²) in [7, 11) is 1.42. The van der Waals surface area contributed by atoms with Gasteiger partial charge in [0.2, 0.25) is 0 Å². The highest BCUT2D eigenvalue weighted by molar-refractivity contribution is 5.91. The van der Waals surface area contributed by atoms with Crippen molar-refractivity contribution in [3.63, 3.8) is 0 Å². The van der Waals surface area contributed by atoms with E-state index in [1.54, 1.807) is 6.07 Å². The van der Waals surface area contributed by atoms with Gasteiger partial charge in [-0.2, -0.15) is 0 Å². The molecule has 0 radical (unpaired) electrons. The van der Waals surface area contributed by atoms with E-state index >= 15 is 0 Å². The Bertz CT molecular complexity index is 1060. The number of ether oxygens (including phenoxy) is 5. The van der Waals surface area contributed by atoms with Crippen LogP contribution in [0, 0.1) is 0 Å². The Hall–Kier alpha value is -3.22. The van der Waals surface area contributed by atoms with Crippen molar-refractivity contribution >= 4 is 18.0 Å². The number of phenols is 1. The van der Waals surface area contributed by atoms with Crippen LogP contribution in [0.2, 0.25) is 0 Å². The maximum absolute atomic E-state index is 12.1. The first-order valence-corrected chi connectivity index (χ1v) is 11.7. The van der Waals surface area contributed by atoms with Gasteiger partial charge in [0.05, 0.1) is 13.7 Å². The first kappa shape index (κ1) is 28.4. The van der Waals surface area contributed by atoms with Gasteiger partial charge in [-0.3, -0.25) is 0 Å². The molecule has 0 saturated carbocycles. The summed E-state index contributed by atoms with van der Waals surface area (Å²) in [5, 5.41) is 40.5. The number of aliphatic hydroxyl groups excluding tert-OH is 3. The van der Waals surface area contributed by atoms with Gasteiger partial charge in [0.1, 0.15) is 37.1 Å². The number of carbonyl (C=O) groups is 2. The number of hydrogen-bond donors (Lipinski definition) is 4. The molecule has 1 aromatic carbocycles. The molecule has 0 spiro atoms. The molecule has 6 atom stereocenters. The Kier molecular flexibility index (Phi) is 9.84. The predicted octanol–water partition coefficient (Wildman–Crippen LogP) is 0.989. The Morgan fingerprint density at radius 1 is 1.16 bits per heavy atom. The second kappa shape index (κ2) is 12.8. The molecule has 2 heterocycles. The molecular formula is C26H32O11. The average molecular weight is 521 g/mol. The summed E-state index contributed by atoms with van der Waals surface area (Å²) >= 11 is 0. The molecule has 11 heteroatoms. The van der Waals surface area contributed by atoms with Gasteiger partial charge in [0, 0.05) is 18.1 Å². The van der Waals surface area contributed by atoms with E-state index in [9.17, 15) is 30.0 Å². The minimum absolute atomic E-state index is 0.0940. The van der Waals surface area contributed by atoms with Gasteiger partial charge in [-0.25, -0.2) is 9.59 Å². The van der Waals surface area contributed by atoms with E-state index < -0.39 is 49.3 Å². The first-order chi connectivity index (χ1) is 17.6. The Balaban J connectivity index is 1.53. The molecule has 3 rings (SSSR count). The molecule has 11 nitrogen and oxygen atoms in total. The Morgan fingerprint density at radius 2 is 1.92 bits per heavy atom. The molecule has 6 unspecified atom stereocenters. The molecule has 37 heavy (non-hydrogen) atoms. The van der Waals surface area contributed by atoms with Crippen LogP contribution in [0.3, 0.4) is 0 Å². The molecule has 1 aromatic rings. The van der Waals surface area contributed by atoms with Gasteiger partial charge >= 0.3 is 11.9 Å². The van der Waals surface area contributed by atoms with Crippen LogP contribution in [0.5, 0.6) is 11.5 Å². The van der Waals surface area contributed by atoms with E-state index in [-0.39, 0.29) is 24.2 Å². The topological polar surface area (TPSA) is 161 Å². The van der Waals surface area contributed by atoms with Crippen molar-refractivity contribution in [1.82, 2.24) is 0 Å². The molecule has 2 saturated heterocycles. The van der Waals surface area contributed by atoms with Gasteiger partial charge in [-0.05, 0) is 49.8 Å². The van der Waals surface area contributed by atoms with Crippen molar-refractivity contribution in [3.05, 3.63) is 53.1 Å². The van der Waals surface area contributed by atoms with Crippen LogP contribution >= 0.6 is 0 Å². The maximum Gasteiger partial charge on any atom is 0.334 e. The fourth-order valence-corrected chi connectivity index (χ4v) is 3.81. The van der Waals surface area contributed by atoms with Crippen LogP contribution in [-0.2, 0) is 28.5 Å². The third kappa shape index (κ3) is 7.63. The highest BCUT2D eigenvalue weighted by Gasteiger charge is 2.44. The number of esters is 2. The normalized spacial score (nSPS) is 28.8. The van der Waals surface area contributed by atoms with Gasteiger partial charge in [0.15, 0.2) is 17.8 Å². The lowest BCUT2D eigenvalue weighted by Gasteiger charge is -2.39. The van der Waals surface area contributed by atoms with E-state index in [0.29, 0.717) is 17.6 Å². The molecule has 0 aromatic heterocycles. The van der Waals surface area contributed by atoms with E-state index in [1.165, 1.54) is 31.4 Å². The summed E-state index contributed by atoms with van der Waals surface area (Å²) in [5.41, 5.74) is 1.95. The number of cyclic esters (lactones) is 1. The Labute approximate surface area is 214 Å². The molecule has 2 aliphatic heterocycles. The summed E-state index contributed by atoms with van der Waals surface area (Å²) in [6.07, 6.45) is -1.36. The molecule has 2 aliphatic rings. The van der Waals surface area contributed by atoms with Crippen LogP contribution in [0.15, 0.2) is 47.6 Å². The summed E-state index contributed by atoms with van der Waals surface area (Å²) in [6.45, 7) is 3.24. The maximum atomic E-state index is 12.1. The molecular weight excluding hydrogens is 488 g/mol. The zero-order valence-electron chi connectivity index (χ0n) is 20.8. The van der Waals surface area contributed by atoms with Crippen molar-refractivity contribution in [1.29, 1.82) is 0 Å². The molecule has 0 bridgehead atoms. The van der Waals surface area contributed by atoms with E-state index in [1.807, 2.05) is 19.9 Å².